The highest BCUT2D eigenvalue weighted by Crippen LogP contribution is 2.37. The first-order valence-corrected chi connectivity index (χ1v) is 6.32. The number of rotatable bonds is 4. The van der Waals surface area contributed by atoms with E-state index < -0.39 is 0 Å². The monoisotopic (exact) mass is 198 g/mol. The fourth-order valence-electron chi connectivity index (χ4n) is 2.93. The normalized spacial score (nSPS) is 33.6. The van der Waals surface area contributed by atoms with Crippen molar-refractivity contribution in [2.24, 2.45) is 11.8 Å². The van der Waals surface area contributed by atoms with E-state index in [4.69, 9.17) is 0 Å². The summed E-state index contributed by atoms with van der Waals surface area (Å²) in [7, 11) is 0. The molecule has 0 bridgehead atoms. The third-order valence-electron chi connectivity index (χ3n) is 3.89. The topological polar surface area (TPSA) is 20.2 Å². The summed E-state index contributed by atoms with van der Waals surface area (Å²) >= 11 is 0. The summed E-state index contributed by atoms with van der Waals surface area (Å²) in [5.41, 5.74) is -0.325. The van der Waals surface area contributed by atoms with Crippen molar-refractivity contribution in [1.82, 2.24) is 0 Å². The number of hydrogen-bond acceptors (Lipinski definition) is 1. The summed E-state index contributed by atoms with van der Waals surface area (Å²) in [6.45, 7) is 6.75. The molecule has 1 fully saturated rings. The molecule has 1 nitrogen and oxygen atoms in total. The molecular weight excluding hydrogens is 172 g/mol. The smallest absolute Gasteiger partial charge is 0.0653 e. The van der Waals surface area contributed by atoms with Crippen LogP contribution in [0.25, 0.3) is 0 Å². The van der Waals surface area contributed by atoms with Gasteiger partial charge < -0.3 is 5.11 Å². The van der Waals surface area contributed by atoms with Gasteiger partial charge in [0, 0.05) is 0 Å². The van der Waals surface area contributed by atoms with Gasteiger partial charge in [-0.3, -0.25) is 0 Å². The molecule has 1 aliphatic rings. The van der Waals surface area contributed by atoms with Crippen molar-refractivity contribution < 1.29 is 5.11 Å². The van der Waals surface area contributed by atoms with E-state index in [0.717, 1.165) is 31.1 Å². The number of hydrogen-bond donors (Lipinski definition) is 1. The van der Waals surface area contributed by atoms with Crippen LogP contribution in [-0.2, 0) is 0 Å². The minimum absolute atomic E-state index is 0.325. The largest absolute Gasteiger partial charge is 0.390 e. The summed E-state index contributed by atoms with van der Waals surface area (Å²) < 4.78 is 0. The Kier molecular flexibility index (Phi) is 4.43. The molecule has 1 aliphatic carbocycles. The van der Waals surface area contributed by atoms with Crippen molar-refractivity contribution in [2.75, 3.05) is 0 Å². The van der Waals surface area contributed by atoms with E-state index in [1.54, 1.807) is 0 Å². The van der Waals surface area contributed by atoms with E-state index in [0.29, 0.717) is 0 Å². The van der Waals surface area contributed by atoms with E-state index in [9.17, 15) is 5.11 Å². The van der Waals surface area contributed by atoms with Crippen LogP contribution in [0.2, 0.25) is 0 Å². The summed E-state index contributed by atoms with van der Waals surface area (Å²) in [5, 5.41) is 10.5. The summed E-state index contributed by atoms with van der Waals surface area (Å²) in [4.78, 5) is 0. The fraction of sp³-hybridized carbons (Fsp3) is 1.00. The van der Waals surface area contributed by atoms with Gasteiger partial charge in [0.05, 0.1) is 5.60 Å². The van der Waals surface area contributed by atoms with Crippen LogP contribution in [-0.4, -0.2) is 10.7 Å². The van der Waals surface area contributed by atoms with Gasteiger partial charge in [0.1, 0.15) is 0 Å². The lowest BCUT2D eigenvalue weighted by Gasteiger charge is -2.37. The summed E-state index contributed by atoms with van der Waals surface area (Å²) in [6, 6.07) is 0. The Bertz CT molecular complexity index is 163. The zero-order valence-corrected chi connectivity index (χ0v) is 10.1. The lowest BCUT2D eigenvalue weighted by Crippen LogP contribution is -2.36. The molecule has 0 spiro atoms. The Morgan fingerprint density at radius 3 is 2.50 bits per heavy atom. The molecule has 0 radical (unpaired) electrons. The van der Waals surface area contributed by atoms with Gasteiger partial charge in [0.15, 0.2) is 0 Å². The van der Waals surface area contributed by atoms with Gasteiger partial charge in [-0.25, -0.2) is 0 Å². The molecule has 0 amide bonds. The van der Waals surface area contributed by atoms with Crippen LogP contribution in [0.15, 0.2) is 0 Å². The van der Waals surface area contributed by atoms with Gasteiger partial charge in [0.2, 0.25) is 0 Å². The van der Waals surface area contributed by atoms with E-state index in [1.807, 2.05) is 0 Å². The molecule has 2 atom stereocenters. The van der Waals surface area contributed by atoms with Gasteiger partial charge in [-0.15, -0.1) is 0 Å². The fourth-order valence-corrected chi connectivity index (χ4v) is 2.93. The lowest BCUT2D eigenvalue weighted by molar-refractivity contribution is -0.0335. The minimum atomic E-state index is -0.325. The highest BCUT2D eigenvalue weighted by Gasteiger charge is 2.33. The Morgan fingerprint density at radius 1 is 1.36 bits per heavy atom. The van der Waals surface area contributed by atoms with Crippen LogP contribution in [0.3, 0.4) is 0 Å². The molecule has 1 rings (SSSR count). The van der Waals surface area contributed by atoms with Crippen LogP contribution in [0.4, 0.5) is 0 Å². The molecule has 0 saturated heterocycles. The molecule has 84 valence electrons. The highest BCUT2D eigenvalue weighted by molar-refractivity contribution is 4.86. The van der Waals surface area contributed by atoms with Crippen LogP contribution >= 0.6 is 0 Å². The molecule has 1 N–H and O–H groups in total. The molecule has 1 heteroatoms. The SMILES string of the molecule is CCC(CC)CC1(O)CCCC(C)C1. The molecule has 0 aliphatic heterocycles. The first-order chi connectivity index (χ1) is 6.59. The second kappa shape index (κ2) is 5.16. The molecule has 0 aromatic rings. The van der Waals surface area contributed by atoms with Gasteiger partial charge in [-0.1, -0.05) is 46.5 Å². The standard InChI is InChI=1S/C13H26O/c1-4-12(5-2)10-13(14)8-6-7-11(3)9-13/h11-12,14H,4-10H2,1-3H3. The predicted molar refractivity (Wildman–Crippen MR) is 61.3 cm³/mol. The van der Waals surface area contributed by atoms with Gasteiger partial charge in [-0.05, 0) is 31.1 Å². The van der Waals surface area contributed by atoms with Crippen molar-refractivity contribution in [3.63, 3.8) is 0 Å². The van der Waals surface area contributed by atoms with Crippen molar-refractivity contribution >= 4 is 0 Å². The van der Waals surface area contributed by atoms with Crippen molar-refractivity contribution in [3.8, 4) is 0 Å². The van der Waals surface area contributed by atoms with Crippen LogP contribution < -0.4 is 0 Å². The first kappa shape index (κ1) is 12.0. The molecule has 0 aromatic heterocycles. The third-order valence-corrected chi connectivity index (χ3v) is 3.89. The molecule has 0 heterocycles. The third kappa shape index (κ3) is 3.27. The zero-order chi connectivity index (χ0) is 10.6. The second-order valence-electron chi connectivity index (χ2n) is 5.31. The van der Waals surface area contributed by atoms with Gasteiger partial charge >= 0.3 is 0 Å². The molecule has 14 heavy (non-hydrogen) atoms. The van der Waals surface area contributed by atoms with E-state index in [1.165, 1.54) is 25.7 Å². The Hall–Kier alpha value is -0.0400. The van der Waals surface area contributed by atoms with Crippen LogP contribution in [0.5, 0.6) is 0 Å². The maximum Gasteiger partial charge on any atom is 0.0653 e. The minimum Gasteiger partial charge on any atom is -0.390 e. The highest BCUT2D eigenvalue weighted by atomic mass is 16.3. The number of aliphatic hydroxyl groups is 1. The maximum atomic E-state index is 10.5. The maximum absolute atomic E-state index is 10.5. The Balaban J connectivity index is 2.46. The van der Waals surface area contributed by atoms with Crippen molar-refractivity contribution in [3.05, 3.63) is 0 Å². The molecule has 1 saturated carbocycles. The quantitative estimate of drug-likeness (QED) is 0.729. The van der Waals surface area contributed by atoms with Crippen LogP contribution in [0.1, 0.15) is 65.7 Å². The van der Waals surface area contributed by atoms with E-state index in [-0.39, 0.29) is 5.60 Å². The lowest BCUT2D eigenvalue weighted by atomic mass is 9.74. The van der Waals surface area contributed by atoms with Crippen LogP contribution in [0, 0.1) is 11.8 Å². The first-order valence-electron chi connectivity index (χ1n) is 6.32. The average Bonchev–Trinajstić information content (AvgIpc) is 2.14. The van der Waals surface area contributed by atoms with E-state index in [2.05, 4.69) is 20.8 Å². The predicted octanol–water partition coefficient (Wildman–Crippen LogP) is 3.75. The van der Waals surface area contributed by atoms with Gasteiger partial charge in [0.25, 0.3) is 0 Å². The summed E-state index contributed by atoms with van der Waals surface area (Å²) in [5.74, 6) is 1.45. The van der Waals surface area contributed by atoms with E-state index >= 15 is 0 Å². The Morgan fingerprint density at radius 2 is 2.00 bits per heavy atom. The molecule has 2 unspecified atom stereocenters. The second-order valence-corrected chi connectivity index (χ2v) is 5.31. The Labute approximate surface area is 88.9 Å². The van der Waals surface area contributed by atoms with Gasteiger partial charge in [-0.2, -0.15) is 0 Å². The average molecular weight is 198 g/mol. The molecule has 0 aromatic carbocycles. The zero-order valence-electron chi connectivity index (χ0n) is 10.1. The summed E-state index contributed by atoms with van der Waals surface area (Å²) in [6.07, 6.45) is 8.06. The molecular formula is C13H26O. The van der Waals surface area contributed by atoms with Crippen molar-refractivity contribution in [1.29, 1.82) is 0 Å². The van der Waals surface area contributed by atoms with Crippen molar-refractivity contribution in [2.45, 2.75) is 71.3 Å².